The second-order valence-corrected chi connectivity index (χ2v) is 7.51. The van der Waals surface area contributed by atoms with Crippen molar-refractivity contribution >= 4 is 23.2 Å². The minimum Gasteiger partial charge on any atom is -0.325 e. The predicted molar refractivity (Wildman–Crippen MR) is 105 cm³/mol. The number of anilines is 2. The molecule has 3 rings (SSSR count). The third kappa shape index (κ3) is 3.24. The molecule has 1 aliphatic rings. The second kappa shape index (κ2) is 6.60. The Balaban J connectivity index is 1.79. The van der Waals surface area contributed by atoms with Crippen LogP contribution < -0.4 is 10.6 Å². The van der Waals surface area contributed by atoms with Gasteiger partial charge in [0.2, 0.25) is 11.8 Å². The summed E-state index contributed by atoms with van der Waals surface area (Å²) in [7, 11) is 0. The van der Waals surface area contributed by atoms with Crippen LogP contribution in [0.2, 0.25) is 0 Å². The number of nitrogens with one attached hydrogen (secondary N) is 2. The first-order valence-corrected chi connectivity index (χ1v) is 9.01. The first-order valence-electron chi connectivity index (χ1n) is 9.01. The molecule has 1 saturated carbocycles. The topological polar surface area (TPSA) is 58.2 Å². The molecule has 4 nitrogen and oxygen atoms in total. The van der Waals surface area contributed by atoms with E-state index in [9.17, 15) is 9.59 Å². The van der Waals surface area contributed by atoms with Gasteiger partial charge in [0.1, 0.15) is 5.41 Å². The molecule has 0 saturated heterocycles. The Bertz CT molecular complexity index is 872. The van der Waals surface area contributed by atoms with Gasteiger partial charge in [-0.15, -0.1) is 0 Å². The molecule has 0 bridgehead atoms. The molecule has 0 radical (unpaired) electrons. The molecule has 0 atom stereocenters. The summed E-state index contributed by atoms with van der Waals surface area (Å²) in [6, 6.07) is 9.88. The lowest BCUT2D eigenvalue weighted by Crippen LogP contribution is -2.36. The van der Waals surface area contributed by atoms with Crippen LogP contribution in [-0.2, 0) is 9.59 Å². The lowest BCUT2D eigenvalue weighted by Gasteiger charge is -2.19. The van der Waals surface area contributed by atoms with Crippen molar-refractivity contribution in [1.29, 1.82) is 0 Å². The van der Waals surface area contributed by atoms with Crippen molar-refractivity contribution in [2.24, 2.45) is 5.41 Å². The molecule has 0 aromatic heterocycles. The van der Waals surface area contributed by atoms with Gasteiger partial charge in [-0.25, -0.2) is 0 Å². The van der Waals surface area contributed by atoms with Crippen molar-refractivity contribution in [3.8, 4) is 0 Å². The summed E-state index contributed by atoms with van der Waals surface area (Å²) in [6.45, 7) is 9.97. The summed E-state index contributed by atoms with van der Waals surface area (Å²) in [5, 5.41) is 5.96. The van der Waals surface area contributed by atoms with Crippen LogP contribution in [-0.4, -0.2) is 11.8 Å². The van der Waals surface area contributed by atoms with Crippen LogP contribution in [0, 0.1) is 40.0 Å². The molecule has 0 heterocycles. The van der Waals surface area contributed by atoms with Gasteiger partial charge in [-0.3, -0.25) is 9.59 Å². The van der Waals surface area contributed by atoms with Crippen LogP contribution in [0.1, 0.15) is 40.7 Å². The van der Waals surface area contributed by atoms with Gasteiger partial charge in [-0.2, -0.15) is 0 Å². The van der Waals surface area contributed by atoms with Gasteiger partial charge in [-0.05, 0) is 75.8 Å². The fourth-order valence-electron chi connectivity index (χ4n) is 3.42. The van der Waals surface area contributed by atoms with Crippen molar-refractivity contribution in [2.75, 3.05) is 10.6 Å². The van der Waals surface area contributed by atoms with Gasteiger partial charge in [0.05, 0.1) is 0 Å². The number of carbonyl (C=O) groups is 2. The van der Waals surface area contributed by atoms with Crippen LogP contribution in [0.25, 0.3) is 0 Å². The van der Waals surface area contributed by atoms with Crippen LogP contribution in [0.15, 0.2) is 30.3 Å². The average Bonchev–Trinajstić information content (AvgIpc) is 3.37. The highest BCUT2D eigenvalue weighted by atomic mass is 16.2. The summed E-state index contributed by atoms with van der Waals surface area (Å²) in [6.07, 6.45) is 1.17. The number of aryl methyl sites for hydroxylation is 4. The highest BCUT2D eigenvalue weighted by Crippen LogP contribution is 2.48. The monoisotopic (exact) mass is 350 g/mol. The molecule has 2 aromatic rings. The van der Waals surface area contributed by atoms with E-state index in [1.165, 1.54) is 0 Å². The largest absolute Gasteiger partial charge is 0.325 e. The minimum absolute atomic E-state index is 0.213. The molecule has 0 unspecified atom stereocenters. The summed E-state index contributed by atoms with van der Waals surface area (Å²) in [5.41, 5.74) is 5.96. The van der Waals surface area contributed by atoms with E-state index in [1.807, 2.05) is 65.0 Å². The maximum Gasteiger partial charge on any atom is 0.240 e. The minimum atomic E-state index is -0.958. The van der Waals surface area contributed by atoms with E-state index >= 15 is 0 Å². The Morgan fingerprint density at radius 3 is 2.00 bits per heavy atom. The lowest BCUT2D eigenvalue weighted by atomic mass is 10.0. The van der Waals surface area contributed by atoms with Crippen molar-refractivity contribution in [3.63, 3.8) is 0 Å². The predicted octanol–water partition coefficient (Wildman–Crippen LogP) is 4.59. The van der Waals surface area contributed by atoms with Crippen LogP contribution in [0.5, 0.6) is 0 Å². The normalized spacial score (nSPS) is 14.7. The number of hydrogen-bond acceptors (Lipinski definition) is 2. The van der Waals surface area contributed by atoms with Crippen LogP contribution >= 0.6 is 0 Å². The Morgan fingerprint density at radius 2 is 1.42 bits per heavy atom. The van der Waals surface area contributed by atoms with E-state index in [0.29, 0.717) is 12.8 Å². The number of rotatable bonds is 4. The Hall–Kier alpha value is -2.62. The van der Waals surface area contributed by atoms with E-state index in [0.717, 1.165) is 39.2 Å². The van der Waals surface area contributed by atoms with Gasteiger partial charge < -0.3 is 10.6 Å². The standard InChI is InChI=1S/C22H26N2O2/c1-13-11-15(3)19(16(4)12-13)24-21(26)22(9-10-22)20(25)23-18-8-6-7-14(2)17(18)5/h6-8,11-12H,9-10H2,1-5H3,(H,23,25)(H,24,26). The van der Waals surface area contributed by atoms with Crippen LogP contribution in [0.4, 0.5) is 11.4 Å². The smallest absolute Gasteiger partial charge is 0.240 e. The van der Waals surface area contributed by atoms with Crippen LogP contribution in [0.3, 0.4) is 0 Å². The Kier molecular flexibility index (Phi) is 4.61. The second-order valence-electron chi connectivity index (χ2n) is 7.51. The van der Waals surface area contributed by atoms with Gasteiger partial charge >= 0.3 is 0 Å². The van der Waals surface area contributed by atoms with E-state index < -0.39 is 5.41 Å². The van der Waals surface area contributed by atoms with E-state index in [1.54, 1.807) is 0 Å². The van der Waals surface area contributed by atoms with Gasteiger partial charge in [-0.1, -0.05) is 29.8 Å². The molecule has 2 N–H and O–H groups in total. The fourth-order valence-corrected chi connectivity index (χ4v) is 3.42. The number of hydrogen-bond donors (Lipinski definition) is 2. The zero-order chi connectivity index (χ0) is 19.1. The van der Waals surface area contributed by atoms with Crippen molar-refractivity contribution in [1.82, 2.24) is 0 Å². The highest BCUT2D eigenvalue weighted by Gasteiger charge is 2.56. The summed E-state index contributed by atoms with van der Waals surface area (Å²) in [5.74, 6) is -0.429. The molecule has 2 aromatic carbocycles. The first-order chi connectivity index (χ1) is 12.2. The van der Waals surface area contributed by atoms with E-state index in [-0.39, 0.29) is 11.8 Å². The third-order valence-corrected chi connectivity index (χ3v) is 5.39. The SMILES string of the molecule is Cc1cc(C)c(NC(=O)C2(C(=O)Nc3cccc(C)c3C)CC2)c(C)c1. The molecule has 1 fully saturated rings. The maximum absolute atomic E-state index is 12.9. The molecule has 0 spiro atoms. The molecule has 0 aliphatic heterocycles. The van der Waals surface area contributed by atoms with Crippen molar-refractivity contribution in [2.45, 2.75) is 47.5 Å². The van der Waals surface area contributed by atoms with Gasteiger partial charge in [0.25, 0.3) is 0 Å². The fraction of sp³-hybridized carbons (Fsp3) is 0.364. The van der Waals surface area contributed by atoms with Crippen molar-refractivity contribution in [3.05, 3.63) is 58.1 Å². The summed E-state index contributed by atoms with van der Waals surface area (Å²) in [4.78, 5) is 25.7. The van der Waals surface area contributed by atoms with Crippen molar-refractivity contribution < 1.29 is 9.59 Å². The molecule has 136 valence electrons. The lowest BCUT2D eigenvalue weighted by molar-refractivity contribution is -0.131. The third-order valence-electron chi connectivity index (χ3n) is 5.39. The quantitative estimate of drug-likeness (QED) is 0.793. The zero-order valence-corrected chi connectivity index (χ0v) is 16.1. The number of benzene rings is 2. The van der Waals surface area contributed by atoms with Gasteiger partial charge in [0.15, 0.2) is 0 Å². The maximum atomic E-state index is 12.9. The molecular formula is C22H26N2O2. The highest BCUT2D eigenvalue weighted by molar-refractivity contribution is 6.17. The Labute approximate surface area is 155 Å². The average molecular weight is 350 g/mol. The first kappa shape index (κ1) is 18.2. The molecule has 4 heteroatoms. The Morgan fingerprint density at radius 1 is 0.846 bits per heavy atom. The van der Waals surface area contributed by atoms with E-state index in [4.69, 9.17) is 0 Å². The molecular weight excluding hydrogens is 324 g/mol. The summed E-state index contributed by atoms with van der Waals surface area (Å²) >= 11 is 0. The summed E-state index contributed by atoms with van der Waals surface area (Å²) < 4.78 is 0. The van der Waals surface area contributed by atoms with E-state index in [2.05, 4.69) is 10.6 Å². The van der Waals surface area contributed by atoms with Gasteiger partial charge in [0, 0.05) is 11.4 Å². The number of amides is 2. The molecule has 1 aliphatic carbocycles. The zero-order valence-electron chi connectivity index (χ0n) is 16.1. The molecule has 26 heavy (non-hydrogen) atoms. The number of carbonyl (C=O) groups excluding carboxylic acids is 2. The molecule has 2 amide bonds.